The van der Waals surface area contributed by atoms with E-state index in [9.17, 15) is 5.11 Å². The number of rotatable bonds is 2. The summed E-state index contributed by atoms with van der Waals surface area (Å²) in [6, 6.07) is 8.51. The van der Waals surface area contributed by atoms with Gasteiger partial charge in [-0.3, -0.25) is 0 Å². The molecule has 1 nitrogen and oxygen atoms in total. The first-order chi connectivity index (χ1) is 7.06. The second-order valence-corrected chi connectivity index (χ2v) is 4.91. The first-order valence-corrected chi connectivity index (χ1v) is 5.56. The summed E-state index contributed by atoms with van der Waals surface area (Å²) >= 11 is 0. The van der Waals surface area contributed by atoms with Gasteiger partial charge in [0.25, 0.3) is 0 Å². The van der Waals surface area contributed by atoms with Gasteiger partial charge in [-0.2, -0.15) is 0 Å². The molecule has 15 heavy (non-hydrogen) atoms. The zero-order valence-electron chi connectivity index (χ0n) is 9.46. The predicted octanol–water partition coefficient (Wildman–Crippen LogP) is 3.18. The maximum absolute atomic E-state index is 9.85. The van der Waals surface area contributed by atoms with Crippen LogP contribution >= 0.6 is 0 Å². The van der Waals surface area contributed by atoms with Crippen molar-refractivity contribution in [2.45, 2.75) is 38.7 Å². The van der Waals surface area contributed by atoms with E-state index in [-0.39, 0.29) is 0 Å². The summed E-state index contributed by atoms with van der Waals surface area (Å²) < 4.78 is 0. The highest BCUT2D eigenvalue weighted by Gasteiger charge is 2.19. The Morgan fingerprint density at radius 1 is 1.27 bits per heavy atom. The van der Waals surface area contributed by atoms with Crippen molar-refractivity contribution in [2.24, 2.45) is 0 Å². The standard InChI is InChI=1S/C14H18O/c1-14(2,15)10-12-8-5-7-11-6-3-4-9-13(11)12/h3-4,6,8-9,15H,5,7,10H2,1-2H3. The lowest BCUT2D eigenvalue weighted by Crippen LogP contribution is -2.19. The molecule has 1 aromatic rings. The zero-order valence-corrected chi connectivity index (χ0v) is 9.46. The Labute approximate surface area is 91.4 Å². The molecule has 0 aliphatic heterocycles. The highest BCUT2D eigenvalue weighted by Crippen LogP contribution is 2.31. The van der Waals surface area contributed by atoms with Gasteiger partial charge in [-0.1, -0.05) is 30.3 Å². The molecule has 0 heterocycles. The van der Waals surface area contributed by atoms with Crippen molar-refractivity contribution in [1.29, 1.82) is 0 Å². The fraction of sp³-hybridized carbons (Fsp3) is 0.429. The molecule has 0 radical (unpaired) electrons. The Hall–Kier alpha value is -1.08. The molecule has 80 valence electrons. The molecule has 0 atom stereocenters. The van der Waals surface area contributed by atoms with E-state index >= 15 is 0 Å². The average molecular weight is 202 g/mol. The van der Waals surface area contributed by atoms with Gasteiger partial charge in [-0.15, -0.1) is 0 Å². The van der Waals surface area contributed by atoms with Crippen molar-refractivity contribution in [2.75, 3.05) is 0 Å². The van der Waals surface area contributed by atoms with Crippen molar-refractivity contribution in [3.05, 3.63) is 41.5 Å². The minimum atomic E-state index is -0.615. The van der Waals surface area contributed by atoms with Crippen molar-refractivity contribution in [1.82, 2.24) is 0 Å². The van der Waals surface area contributed by atoms with E-state index in [2.05, 4.69) is 30.3 Å². The molecule has 0 saturated carbocycles. The molecule has 0 bridgehead atoms. The molecule has 0 saturated heterocycles. The zero-order chi connectivity index (χ0) is 10.9. The van der Waals surface area contributed by atoms with Crippen LogP contribution in [0.1, 0.15) is 37.8 Å². The van der Waals surface area contributed by atoms with Gasteiger partial charge in [0.15, 0.2) is 0 Å². The third-order valence-electron chi connectivity index (χ3n) is 2.79. The van der Waals surface area contributed by atoms with Gasteiger partial charge in [0.2, 0.25) is 0 Å². The number of hydrogen-bond acceptors (Lipinski definition) is 1. The van der Waals surface area contributed by atoms with Crippen LogP contribution in [0.4, 0.5) is 0 Å². The number of fused-ring (bicyclic) bond motifs is 1. The SMILES string of the molecule is CC(C)(O)CC1=CCCc2ccccc21. The van der Waals surface area contributed by atoms with Crippen molar-refractivity contribution >= 4 is 5.57 Å². The van der Waals surface area contributed by atoms with Crippen LogP contribution in [0.5, 0.6) is 0 Å². The summed E-state index contributed by atoms with van der Waals surface area (Å²) in [5.41, 5.74) is 3.42. The topological polar surface area (TPSA) is 20.2 Å². The number of benzene rings is 1. The van der Waals surface area contributed by atoms with E-state index in [0.717, 1.165) is 19.3 Å². The lowest BCUT2D eigenvalue weighted by atomic mass is 9.85. The second kappa shape index (κ2) is 3.82. The van der Waals surface area contributed by atoms with Gasteiger partial charge in [-0.05, 0) is 43.4 Å². The largest absolute Gasteiger partial charge is 0.390 e. The van der Waals surface area contributed by atoms with E-state index in [1.807, 2.05) is 13.8 Å². The fourth-order valence-electron chi connectivity index (χ4n) is 2.20. The van der Waals surface area contributed by atoms with Gasteiger partial charge < -0.3 is 5.11 Å². The highest BCUT2D eigenvalue weighted by atomic mass is 16.3. The summed E-state index contributed by atoms with van der Waals surface area (Å²) in [7, 11) is 0. The van der Waals surface area contributed by atoms with E-state index in [0.29, 0.717) is 0 Å². The van der Waals surface area contributed by atoms with Crippen LogP contribution in [0.3, 0.4) is 0 Å². The summed E-state index contributed by atoms with van der Waals surface area (Å²) in [6.45, 7) is 3.73. The normalized spacial score (nSPS) is 15.8. The van der Waals surface area contributed by atoms with Gasteiger partial charge in [-0.25, -0.2) is 0 Å². The number of aliphatic hydroxyl groups is 1. The fourth-order valence-corrected chi connectivity index (χ4v) is 2.20. The first kappa shape index (κ1) is 10.4. The van der Waals surface area contributed by atoms with E-state index in [4.69, 9.17) is 0 Å². The van der Waals surface area contributed by atoms with E-state index in [1.54, 1.807) is 0 Å². The molecule has 0 amide bonds. The van der Waals surface area contributed by atoms with Gasteiger partial charge in [0, 0.05) is 6.42 Å². The number of hydrogen-bond donors (Lipinski definition) is 1. The summed E-state index contributed by atoms with van der Waals surface area (Å²) in [4.78, 5) is 0. The molecule has 1 aromatic carbocycles. The van der Waals surface area contributed by atoms with Crippen molar-refractivity contribution < 1.29 is 5.11 Å². The molecule has 1 N–H and O–H groups in total. The third-order valence-corrected chi connectivity index (χ3v) is 2.79. The minimum Gasteiger partial charge on any atom is -0.390 e. The second-order valence-electron chi connectivity index (χ2n) is 4.91. The molecule has 1 heteroatoms. The Balaban J connectivity index is 2.31. The Morgan fingerprint density at radius 2 is 2.00 bits per heavy atom. The average Bonchev–Trinajstić information content (AvgIpc) is 2.16. The number of allylic oxidation sites excluding steroid dienone is 1. The van der Waals surface area contributed by atoms with Gasteiger partial charge >= 0.3 is 0 Å². The third kappa shape index (κ3) is 2.48. The summed E-state index contributed by atoms with van der Waals surface area (Å²) in [5, 5.41) is 9.85. The molecule has 0 fully saturated rings. The molecule has 0 aromatic heterocycles. The molecule has 1 aliphatic carbocycles. The van der Waals surface area contributed by atoms with E-state index < -0.39 is 5.60 Å². The molecule has 0 unspecified atom stereocenters. The molecule has 1 aliphatic rings. The van der Waals surface area contributed by atoms with Crippen LogP contribution in [0.15, 0.2) is 30.3 Å². The van der Waals surface area contributed by atoms with Gasteiger partial charge in [0.05, 0.1) is 5.60 Å². The molecular weight excluding hydrogens is 184 g/mol. The molecular formula is C14H18O. The number of aryl methyl sites for hydroxylation is 1. The molecule has 0 spiro atoms. The maximum atomic E-state index is 9.85. The summed E-state index contributed by atoms with van der Waals surface area (Å²) in [6.07, 6.45) is 5.23. The van der Waals surface area contributed by atoms with Gasteiger partial charge in [0.1, 0.15) is 0 Å². The van der Waals surface area contributed by atoms with Crippen LogP contribution in [-0.4, -0.2) is 10.7 Å². The summed E-state index contributed by atoms with van der Waals surface area (Å²) in [5.74, 6) is 0. The predicted molar refractivity (Wildman–Crippen MR) is 63.7 cm³/mol. The van der Waals surface area contributed by atoms with Crippen molar-refractivity contribution in [3.8, 4) is 0 Å². The van der Waals surface area contributed by atoms with E-state index in [1.165, 1.54) is 16.7 Å². The van der Waals surface area contributed by atoms with Crippen molar-refractivity contribution in [3.63, 3.8) is 0 Å². The Bertz CT molecular complexity index is 383. The monoisotopic (exact) mass is 202 g/mol. The Morgan fingerprint density at radius 3 is 2.73 bits per heavy atom. The van der Waals surface area contributed by atoms with Crippen LogP contribution in [0.25, 0.3) is 5.57 Å². The first-order valence-electron chi connectivity index (χ1n) is 5.56. The smallest absolute Gasteiger partial charge is 0.0632 e. The van der Waals surface area contributed by atoms with Crippen LogP contribution in [0, 0.1) is 0 Å². The maximum Gasteiger partial charge on any atom is 0.0632 e. The quantitative estimate of drug-likeness (QED) is 0.781. The van der Waals surface area contributed by atoms with Crippen LogP contribution in [-0.2, 0) is 6.42 Å². The van der Waals surface area contributed by atoms with Crippen LogP contribution < -0.4 is 0 Å². The lowest BCUT2D eigenvalue weighted by Gasteiger charge is -2.23. The molecule has 2 rings (SSSR count). The van der Waals surface area contributed by atoms with Crippen LogP contribution in [0.2, 0.25) is 0 Å². The highest BCUT2D eigenvalue weighted by molar-refractivity contribution is 5.70. The minimum absolute atomic E-state index is 0.615. The Kier molecular flexibility index (Phi) is 2.66. The lowest BCUT2D eigenvalue weighted by molar-refractivity contribution is 0.0862.